The van der Waals surface area contributed by atoms with E-state index in [1.807, 2.05) is 12.1 Å². The number of aromatic nitrogens is 1. The molecule has 0 aliphatic carbocycles. The first-order valence-corrected chi connectivity index (χ1v) is 4.82. The van der Waals surface area contributed by atoms with E-state index in [1.165, 1.54) is 0 Å². The highest BCUT2D eigenvalue weighted by molar-refractivity contribution is 5.08. The third-order valence-corrected chi connectivity index (χ3v) is 1.77. The smallest absolute Gasteiger partial charge is 0.371 e. The molecule has 1 aromatic heterocycles. The second-order valence-corrected chi connectivity index (χ2v) is 3.20. The minimum absolute atomic E-state index is 0.0462. The van der Waals surface area contributed by atoms with Gasteiger partial charge in [-0.1, -0.05) is 0 Å². The zero-order valence-corrected chi connectivity index (χ0v) is 8.63. The monoisotopic (exact) mass is 234 g/mol. The predicted molar refractivity (Wildman–Crippen MR) is 52.8 cm³/mol. The molecule has 0 radical (unpaired) electrons. The Hall–Kier alpha value is -1.14. The van der Waals surface area contributed by atoms with Crippen LogP contribution in [-0.4, -0.2) is 30.9 Å². The van der Waals surface area contributed by atoms with E-state index in [-0.39, 0.29) is 6.61 Å². The predicted octanol–water partition coefficient (Wildman–Crippen LogP) is 1.75. The van der Waals surface area contributed by atoms with Gasteiger partial charge in [-0.25, -0.2) is 0 Å². The topological polar surface area (TPSA) is 34.1 Å². The van der Waals surface area contributed by atoms with Crippen LogP contribution in [0, 0.1) is 0 Å². The Morgan fingerprint density at radius 2 is 1.94 bits per heavy atom. The van der Waals surface area contributed by atoms with Crippen LogP contribution in [0.4, 0.5) is 13.2 Å². The molecule has 0 saturated carbocycles. The van der Waals surface area contributed by atoms with E-state index in [1.54, 1.807) is 12.4 Å². The molecule has 0 saturated heterocycles. The Bertz CT molecular complexity index is 290. The normalized spacial score (nSPS) is 11.7. The molecule has 1 N–H and O–H groups in total. The number of alkyl halides is 3. The number of nitrogens with one attached hydrogen (secondary N) is 1. The van der Waals surface area contributed by atoms with Crippen LogP contribution in [0.15, 0.2) is 24.5 Å². The van der Waals surface area contributed by atoms with Crippen molar-refractivity contribution in [2.45, 2.75) is 12.7 Å². The SMILES string of the molecule is FC(F)(F)COCCNCc1ccncc1. The number of hydrogen-bond acceptors (Lipinski definition) is 3. The van der Waals surface area contributed by atoms with Gasteiger partial charge in [-0.2, -0.15) is 13.2 Å². The van der Waals surface area contributed by atoms with Crippen molar-refractivity contribution in [2.24, 2.45) is 0 Å². The van der Waals surface area contributed by atoms with E-state index in [0.29, 0.717) is 13.1 Å². The van der Waals surface area contributed by atoms with Crippen LogP contribution in [-0.2, 0) is 11.3 Å². The first-order valence-electron chi connectivity index (χ1n) is 4.82. The molecule has 0 aromatic carbocycles. The summed E-state index contributed by atoms with van der Waals surface area (Å²) in [5.41, 5.74) is 1.03. The summed E-state index contributed by atoms with van der Waals surface area (Å²) in [6, 6.07) is 3.67. The summed E-state index contributed by atoms with van der Waals surface area (Å²) < 4.78 is 39.5. The first-order chi connectivity index (χ1) is 7.58. The number of halogens is 3. The molecule has 0 atom stereocenters. The van der Waals surface area contributed by atoms with E-state index in [2.05, 4.69) is 15.0 Å². The average molecular weight is 234 g/mol. The Balaban J connectivity index is 2.01. The minimum atomic E-state index is -4.24. The lowest BCUT2D eigenvalue weighted by Gasteiger charge is -2.08. The Labute approximate surface area is 91.6 Å². The zero-order valence-electron chi connectivity index (χ0n) is 8.63. The summed E-state index contributed by atoms with van der Waals surface area (Å²) in [5.74, 6) is 0. The summed E-state index contributed by atoms with van der Waals surface area (Å²) in [7, 11) is 0. The Morgan fingerprint density at radius 3 is 2.56 bits per heavy atom. The first kappa shape index (κ1) is 12.9. The number of rotatable bonds is 6. The standard InChI is InChI=1S/C10H13F3N2O/c11-10(12,13)8-16-6-5-15-7-9-1-3-14-4-2-9/h1-4,15H,5-8H2. The molecule has 0 amide bonds. The molecule has 0 spiro atoms. The maximum atomic E-state index is 11.7. The van der Waals surface area contributed by atoms with Gasteiger partial charge in [-0.3, -0.25) is 4.98 Å². The van der Waals surface area contributed by atoms with Gasteiger partial charge >= 0.3 is 6.18 Å². The average Bonchev–Trinajstić information content (AvgIpc) is 2.23. The molecule has 0 fully saturated rings. The van der Waals surface area contributed by atoms with Crippen LogP contribution in [0.25, 0.3) is 0 Å². The molecular weight excluding hydrogens is 221 g/mol. The van der Waals surface area contributed by atoms with Gasteiger partial charge in [0, 0.05) is 25.5 Å². The highest BCUT2D eigenvalue weighted by atomic mass is 19.4. The molecule has 16 heavy (non-hydrogen) atoms. The second kappa shape index (κ2) is 6.44. The third kappa shape index (κ3) is 6.36. The van der Waals surface area contributed by atoms with Crippen LogP contribution < -0.4 is 5.32 Å². The van der Waals surface area contributed by atoms with Crippen molar-refractivity contribution >= 4 is 0 Å². The number of ether oxygens (including phenoxy) is 1. The summed E-state index contributed by atoms with van der Waals surface area (Å²) in [6.45, 7) is -0.162. The summed E-state index contributed by atoms with van der Waals surface area (Å²) in [4.78, 5) is 3.85. The molecule has 1 aromatic rings. The maximum Gasteiger partial charge on any atom is 0.411 e. The van der Waals surface area contributed by atoms with Crippen molar-refractivity contribution in [3.63, 3.8) is 0 Å². The molecule has 1 heterocycles. The van der Waals surface area contributed by atoms with Gasteiger partial charge in [0.1, 0.15) is 6.61 Å². The lowest BCUT2D eigenvalue weighted by atomic mass is 10.3. The number of nitrogens with zero attached hydrogens (tertiary/aromatic N) is 1. The summed E-state index contributed by atoms with van der Waals surface area (Å²) >= 11 is 0. The van der Waals surface area contributed by atoms with Crippen molar-refractivity contribution in [1.82, 2.24) is 10.3 Å². The van der Waals surface area contributed by atoms with Gasteiger partial charge < -0.3 is 10.1 Å². The third-order valence-electron chi connectivity index (χ3n) is 1.77. The van der Waals surface area contributed by atoms with E-state index in [9.17, 15) is 13.2 Å². The van der Waals surface area contributed by atoms with E-state index in [4.69, 9.17) is 0 Å². The van der Waals surface area contributed by atoms with Crippen LogP contribution in [0.1, 0.15) is 5.56 Å². The number of pyridine rings is 1. The zero-order chi connectivity index (χ0) is 11.9. The van der Waals surface area contributed by atoms with Gasteiger partial charge in [0.25, 0.3) is 0 Å². The van der Waals surface area contributed by atoms with Gasteiger partial charge in [0.15, 0.2) is 0 Å². The summed E-state index contributed by atoms with van der Waals surface area (Å²) in [5, 5.41) is 2.97. The van der Waals surface area contributed by atoms with Gasteiger partial charge in [0.05, 0.1) is 6.61 Å². The van der Waals surface area contributed by atoms with Crippen molar-refractivity contribution in [1.29, 1.82) is 0 Å². The molecule has 0 aliphatic heterocycles. The van der Waals surface area contributed by atoms with E-state index >= 15 is 0 Å². The molecule has 90 valence electrons. The fourth-order valence-electron chi connectivity index (χ4n) is 1.07. The van der Waals surface area contributed by atoms with Gasteiger partial charge in [-0.05, 0) is 17.7 Å². The quantitative estimate of drug-likeness (QED) is 0.761. The van der Waals surface area contributed by atoms with Crippen LogP contribution in [0.2, 0.25) is 0 Å². The maximum absolute atomic E-state index is 11.7. The fourth-order valence-corrected chi connectivity index (χ4v) is 1.07. The molecule has 3 nitrogen and oxygen atoms in total. The highest BCUT2D eigenvalue weighted by Gasteiger charge is 2.27. The van der Waals surface area contributed by atoms with E-state index < -0.39 is 12.8 Å². The van der Waals surface area contributed by atoms with E-state index in [0.717, 1.165) is 5.56 Å². The van der Waals surface area contributed by atoms with Crippen molar-refractivity contribution < 1.29 is 17.9 Å². The lowest BCUT2D eigenvalue weighted by Crippen LogP contribution is -2.23. The van der Waals surface area contributed by atoms with Crippen molar-refractivity contribution in [3.8, 4) is 0 Å². The van der Waals surface area contributed by atoms with Crippen molar-refractivity contribution in [3.05, 3.63) is 30.1 Å². The van der Waals surface area contributed by atoms with Crippen LogP contribution in [0.3, 0.4) is 0 Å². The van der Waals surface area contributed by atoms with Crippen LogP contribution in [0.5, 0.6) is 0 Å². The van der Waals surface area contributed by atoms with Gasteiger partial charge in [-0.15, -0.1) is 0 Å². The summed E-state index contributed by atoms with van der Waals surface area (Å²) in [6.07, 6.45) is -0.917. The minimum Gasteiger partial charge on any atom is -0.371 e. The van der Waals surface area contributed by atoms with Crippen molar-refractivity contribution in [2.75, 3.05) is 19.8 Å². The number of hydrogen-bond donors (Lipinski definition) is 1. The Morgan fingerprint density at radius 1 is 1.25 bits per heavy atom. The molecule has 0 bridgehead atoms. The van der Waals surface area contributed by atoms with Gasteiger partial charge in [0.2, 0.25) is 0 Å². The Kier molecular flexibility index (Phi) is 5.21. The molecule has 0 unspecified atom stereocenters. The molecular formula is C10H13F3N2O. The molecule has 6 heteroatoms. The molecule has 1 rings (SSSR count). The van der Waals surface area contributed by atoms with Crippen LogP contribution >= 0.6 is 0 Å². The second-order valence-electron chi connectivity index (χ2n) is 3.20. The largest absolute Gasteiger partial charge is 0.411 e. The lowest BCUT2D eigenvalue weighted by molar-refractivity contribution is -0.173. The fraction of sp³-hybridized carbons (Fsp3) is 0.500. The molecule has 0 aliphatic rings. The highest BCUT2D eigenvalue weighted by Crippen LogP contribution is 2.13.